The maximum atomic E-state index is 5.80. The van der Waals surface area contributed by atoms with Gasteiger partial charge >= 0.3 is 0 Å². The number of halogens is 1. The van der Waals surface area contributed by atoms with Crippen LogP contribution >= 0.6 is 22.9 Å². The molecule has 0 aromatic carbocycles. The highest BCUT2D eigenvalue weighted by molar-refractivity contribution is 7.11. The van der Waals surface area contributed by atoms with Gasteiger partial charge in [0.2, 0.25) is 0 Å². The van der Waals surface area contributed by atoms with Crippen molar-refractivity contribution in [3.05, 3.63) is 16.1 Å². The van der Waals surface area contributed by atoms with Crippen LogP contribution in [0.15, 0.2) is 6.20 Å². The Morgan fingerprint density at radius 1 is 1.50 bits per heavy atom. The maximum Gasteiger partial charge on any atom is 0.122 e. The molecule has 1 aliphatic carbocycles. The summed E-state index contributed by atoms with van der Waals surface area (Å²) in [5.41, 5.74) is 0. The van der Waals surface area contributed by atoms with Crippen molar-refractivity contribution in [2.75, 3.05) is 7.11 Å². The van der Waals surface area contributed by atoms with E-state index in [4.69, 9.17) is 16.3 Å². The average Bonchev–Trinajstić information content (AvgIpc) is 2.80. The third-order valence-corrected chi connectivity index (χ3v) is 4.78. The van der Waals surface area contributed by atoms with Crippen molar-refractivity contribution >= 4 is 22.9 Å². The summed E-state index contributed by atoms with van der Waals surface area (Å²) in [5, 5.41) is 1.10. The zero-order chi connectivity index (χ0) is 11.4. The second-order valence-electron chi connectivity index (χ2n) is 4.35. The Morgan fingerprint density at radius 2 is 2.25 bits per heavy atom. The molecule has 0 aliphatic heterocycles. The highest BCUT2D eigenvalue weighted by Crippen LogP contribution is 2.38. The molecule has 1 aromatic heterocycles. The number of ether oxygens (including phenoxy) is 1. The standard InChI is InChI=1S/C12H18ClNOS/c1-15-11(9-5-3-2-4-6-9)12-14-8-10(7-13)16-12/h8-9,11H,2-7H2,1H3. The Morgan fingerprint density at radius 3 is 2.81 bits per heavy atom. The van der Waals surface area contributed by atoms with Gasteiger partial charge in [0, 0.05) is 18.2 Å². The van der Waals surface area contributed by atoms with Gasteiger partial charge in [-0.05, 0) is 18.8 Å². The lowest BCUT2D eigenvalue weighted by Crippen LogP contribution is -2.17. The summed E-state index contributed by atoms with van der Waals surface area (Å²) in [6.07, 6.45) is 8.64. The van der Waals surface area contributed by atoms with Crippen LogP contribution in [0.3, 0.4) is 0 Å². The van der Waals surface area contributed by atoms with Crippen LogP contribution in [-0.2, 0) is 10.6 Å². The third kappa shape index (κ3) is 2.76. The van der Waals surface area contributed by atoms with Crippen LogP contribution in [0.2, 0.25) is 0 Å². The Kier molecular flexibility index (Phi) is 4.62. The predicted molar refractivity (Wildman–Crippen MR) is 68.0 cm³/mol. The largest absolute Gasteiger partial charge is 0.374 e. The number of hydrogen-bond donors (Lipinski definition) is 0. The minimum absolute atomic E-state index is 0.183. The molecule has 0 N–H and O–H groups in total. The monoisotopic (exact) mass is 259 g/mol. The predicted octanol–water partition coefficient (Wildman–Crippen LogP) is 4.15. The van der Waals surface area contributed by atoms with E-state index in [1.54, 1.807) is 18.4 Å². The number of rotatable bonds is 4. The van der Waals surface area contributed by atoms with Crippen LogP contribution in [-0.4, -0.2) is 12.1 Å². The zero-order valence-electron chi connectivity index (χ0n) is 9.62. The van der Waals surface area contributed by atoms with Crippen LogP contribution in [0.5, 0.6) is 0 Å². The number of aromatic nitrogens is 1. The second-order valence-corrected chi connectivity index (χ2v) is 5.77. The Hall–Kier alpha value is -0.120. The van der Waals surface area contributed by atoms with Gasteiger partial charge in [-0.15, -0.1) is 22.9 Å². The molecule has 2 nitrogen and oxygen atoms in total. The van der Waals surface area contributed by atoms with Gasteiger partial charge in [0.05, 0.1) is 5.88 Å². The molecule has 1 saturated carbocycles. The topological polar surface area (TPSA) is 22.1 Å². The Labute approximate surface area is 106 Å². The van der Waals surface area contributed by atoms with Gasteiger partial charge < -0.3 is 4.74 Å². The van der Waals surface area contributed by atoms with E-state index in [-0.39, 0.29) is 6.10 Å². The number of alkyl halides is 1. The Bertz CT molecular complexity index is 323. The molecule has 1 aliphatic rings. The summed E-state index contributed by atoms with van der Waals surface area (Å²) in [6.45, 7) is 0. The average molecular weight is 260 g/mol. The van der Waals surface area contributed by atoms with Gasteiger partial charge in [-0.3, -0.25) is 0 Å². The van der Waals surface area contributed by atoms with Gasteiger partial charge in [-0.25, -0.2) is 4.98 Å². The van der Waals surface area contributed by atoms with Crippen molar-refractivity contribution in [2.24, 2.45) is 5.92 Å². The van der Waals surface area contributed by atoms with Crippen LogP contribution in [0.4, 0.5) is 0 Å². The molecule has 1 fully saturated rings. The van der Waals surface area contributed by atoms with E-state index in [2.05, 4.69) is 4.98 Å². The summed E-state index contributed by atoms with van der Waals surface area (Å²) in [4.78, 5) is 5.58. The molecule has 1 heterocycles. The molecule has 0 radical (unpaired) electrons. The third-order valence-electron chi connectivity index (χ3n) is 3.28. The minimum Gasteiger partial charge on any atom is -0.374 e. The van der Waals surface area contributed by atoms with Crippen molar-refractivity contribution in [2.45, 2.75) is 44.1 Å². The molecule has 2 rings (SSSR count). The van der Waals surface area contributed by atoms with E-state index in [1.807, 2.05) is 6.20 Å². The smallest absolute Gasteiger partial charge is 0.122 e. The minimum atomic E-state index is 0.183. The van der Waals surface area contributed by atoms with Crippen LogP contribution in [0, 0.1) is 5.92 Å². The van der Waals surface area contributed by atoms with Gasteiger partial charge in [0.25, 0.3) is 0 Å². The second kappa shape index (κ2) is 5.99. The summed E-state index contributed by atoms with van der Waals surface area (Å²) >= 11 is 7.49. The summed E-state index contributed by atoms with van der Waals surface area (Å²) in [5.74, 6) is 1.20. The molecule has 90 valence electrons. The van der Waals surface area contributed by atoms with Crippen molar-refractivity contribution < 1.29 is 4.74 Å². The van der Waals surface area contributed by atoms with E-state index >= 15 is 0 Å². The molecule has 0 saturated heterocycles. The summed E-state index contributed by atoms with van der Waals surface area (Å²) < 4.78 is 5.64. The fourth-order valence-corrected chi connectivity index (χ4v) is 3.62. The van der Waals surface area contributed by atoms with E-state index in [1.165, 1.54) is 32.1 Å². The van der Waals surface area contributed by atoms with E-state index in [9.17, 15) is 0 Å². The lowest BCUT2D eigenvalue weighted by Gasteiger charge is -2.27. The van der Waals surface area contributed by atoms with Crippen molar-refractivity contribution in [3.63, 3.8) is 0 Å². The fraction of sp³-hybridized carbons (Fsp3) is 0.750. The molecule has 0 spiro atoms. The zero-order valence-corrected chi connectivity index (χ0v) is 11.2. The molecule has 1 unspecified atom stereocenters. The quantitative estimate of drug-likeness (QED) is 0.758. The molecule has 0 amide bonds. The first-order chi connectivity index (χ1) is 7.85. The van der Waals surface area contributed by atoms with Gasteiger partial charge in [-0.2, -0.15) is 0 Å². The summed E-state index contributed by atoms with van der Waals surface area (Å²) in [6, 6.07) is 0. The molecule has 16 heavy (non-hydrogen) atoms. The normalized spacial score (nSPS) is 19.9. The highest BCUT2D eigenvalue weighted by Gasteiger charge is 2.27. The van der Waals surface area contributed by atoms with E-state index in [0.717, 1.165) is 9.88 Å². The molecule has 4 heteroatoms. The van der Waals surface area contributed by atoms with Crippen molar-refractivity contribution in [1.29, 1.82) is 0 Å². The Balaban J connectivity index is 2.08. The molecule has 1 atom stereocenters. The highest BCUT2D eigenvalue weighted by atomic mass is 35.5. The van der Waals surface area contributed by atoms with E-state index in [0.29, 0.717) is 11.8 Å². The number of thiazole rings is 1. The van der Waals surface area contributed by atoms with E-state index < -0.39 is 0 Å². The van der Waals surface area contributed by atoms with Crippen LogP contribution < -0.4 is 0 Å². The van der Waals surface area contributed by atoms with Crippen LogP contribution in [0.25, 0.3) is 0 Å². The van der Waals surface area contributed by atoms with Gasteiger partial charge in [0.15, 0.2) is 0 Å². The SMILES string of the molecule is COC(c1ncc(CCl)s1)C1CCCCC1. The maximum absolute atomic E-state index is 5.80. The van der Waals surface area contributed by atoms with Crippen LogP contribution in [0.1, 0.15) is 48.1 Å². The number of nitrogens with zero attached hydrogens (tertiary/aromatic N) is 1. The number of methoxy groups -OCH3 is 1. The first-order valence-electron chi connectivity index (χ1n) is 5.88. The first kappa shape index (κ1) is 12.3. The first-order valence-corrected chi connectivity index (χ1v) is 7.23. The van der Waals surface area contributed by atoms with Gasteiger partial charge in [-0.1, -0.05) is 19.3 Å². The molecule has 0 bridgehead atoms. The van der Waals surface area contributed by atoms with Crippen molar-refractivity contribution in [3.8, 4) is 0 Å². The number of hydrogen-bond acceptors (Lipinski definition) is 3. The lowest BCUT2D eigenvalue weighted by molar-refractivity contribution is 0.0352. The fourth-order valence-electron chi connectivity index (χ4n) is 2.45. The molecular weight excluding hydrogens is 242 g/mol. The lowest BCUT2D eigenvalue weighted by atomic mass is 9.85. The molecule has 1 aromatic rings. The van der Waals surface area contributed by atoms with Gasteiger partial charge in [0.1, 0.15) is 11.1 Å². The molecular formula is C12H18ClNOS. The van der Waals surface area contributed by atoms with Crippen molar-refractivity contribution in [1.82, 2.24) is 4.98 Å². The summed E-state index contributed by atoms with van der Waals surface area (Å²) in [7, 11) is 1.79.